The first-order valence-corrected chi connectivity index (χ1v) is 24.4. The Morgan fingerprint density at radius 2 is 1.80 bits per heavy atom. The van der Waals surface area contributed by atoms with Gasteiger partial charge in [0, 0.05) is 48.6 Å². The zero-order valence-corrected chi connectivity index (χ0v) is 41.4. The van der Waals surface area contributed by atoms with Crippen molar-refractivity contribution in [2.24, 2.45) is 17.3 Å². The molecule has 4 N–H and O–H groups in total. The molecule has 3 aliphatic heterocycles. The quantitative estimate of drug-likeness (QED) is 0.0226. The molecule has 0 aliphatic carbocycles. The lowest BCUT2D eigenvalue weighted by atomic mass is 9.74. The average molecular weight is 957 g/mol. The maximum absolute atomic E-state index is 15.4. The normalized spacial score (nSPS) is 18.6. The highest BCUT2D eigenvalue weighted by atomic mass is 19.1. The first kappa shape index (κ1) is 52.6. The number of allylic oxidation sites excluding steroid dienone is 2. The number of carbonyl (C=O) groups excluding carboxylic acids is 6. The molecule has 1 saturated heterocycles. The van der Waals surface area contributed by atoms with Gasteiger partial charge in [-0.15, -0.1) is 0 Å². The van der Waals surface area contributed by atoms with Gasteiger partial charge in [0.15, 0.2) is 5.60 Å². The van der Waals surface area contributed by atoms with Crippen molar-refractivity contribution in [3.63, 3.8) is 0 Å². The Kier molecular flexibility index (Phi) is 17.0. The number of ether oxygens (including phenoxy) is 2. The summed E-state index contributed by atoms with van der Waals surface area (Å²) < 4.78 is 27.7. The first-order valence-electron chi connectivity index (χ1n) is 24.4. The van der Waals surface area contributed by atoms with Gasteiger partial charge in [-0.1, -0.05) is 53.2 Å². The number of hydrogen-bond donors (Lipinski definition) is 4. The van der Waals surface area contributed by atoms with Gasteiger partial charge in [0.1, 0.15) is 31.2 Å². The number of pyridine rings is 2. The number of nitrogens with one attached hydrogen (secondary N) is 3. The van der Waals surface area contributed by atoms with E-state index in [1.165, 1.54) is 11.0 Å². The summed E-state index contributed by atoms with van der Waals surface area (Å²) in [5, 5.41) is 20.1. The second-order valence-corrected chi connectivity index (χ2v) is 19.7. The number of likely N-dealkylation sites (tertiary alicyclic amines) is 1. The lowest BCUT2D eigenvalue weighted by Gasteiger charge is -2.31. The molecule has 1 fully saturated rings. The highest BCUT2D eigenvalue weighted by Crippen LogP contribution is 2.41. The zero-order chi connectivity index (χ0) is 50.4. The Hall–Kier alpha value is -5.81. The molecule has 69 heavy (non-hydrogen) atoms. The van der Waals surface area contributed by atoms with Gasteiger partial charge in [-0.2, -0.15) is 0 Å². The van der Waals surface area contributed by atoms with Crippen LogP contribution in [0.5, 0.6) is 0 Å². The fourth-order valence-electron chi connectivity index (χ4n) is 9.64. The number of fused-ring (bicyclic) bond motifs is 5. The summed E-state index contributed by atoms with van der Waals surface area (Å²) in [4.78, 5) is 97.2. The predicted molar refractivity (Wildman–Crippen MR) is 257 cm³/mol. The van der Waals surface area contributed by atoms with Gasteiger partial charge >= 0.3 is 5.97 Å². The summed E-state index contributed by atoms with van der Waals surface area (Å²) in [6, 6.07) is 3.15. The van der Waals surface area contributed by atoms with Crippen LogP contribution in [0.4, 0.5) is 4.39 Å². The summed E-state index contributed by atoms with van der Waals surface area (Å²) >= 11 is 0. The number of cyclic esters (lactones) is 1. The van der Waals surface area contributed by atoms with Crippen LogP contribution in [0.25, 0.3) is 22.3 Å². The number of amides is 5. The van der Waals surface area contributed by atoms with Gasteiger partial charge in [-0.3, -0.25) is 33.7 Å². The topological polar surface area (TPSA) is 215 Å². The number of aryl methyl sites for hydroxylation is 1. The first-order chi connectivity index (χ1) is 32.7. The van der Waals surface area contributed by atoms with Crippen LogP contribution in [0.3, 0.4) is 0 Å². The second kappa shape index (κ2) is 22.3. The number of imide groups is 1. The lowest BCUT2D eigenvalue weighted by Crippen LogP contribution is -2.54. The maximum atomic E-state index is 15.4. The number of aromatic nitrogens is 2. The third-order valence-corrected chi connectivity index (χ3v) is 14.1. The number of aliphatic hydroxyl groups is 1. The summed E-state index contributed by atoms with van der Waals surface area (Å²) in [6.45, 7) is 15.0. The molecule has 374 valence electrons. The maximum Gasteiger partial charge on any atom is 0.343 e. The molecule has 3 aromatic rings. The van der Waals surface area contributed by atoms with Crippen LogP contribution in [-0.2, 0) is 63.4 Å². The minimum atomic E-state index is -1.95. The lowest BCUT2D eigenvalue weighted by molar-refractivity contribution is -0.172. The SMILES string of the molecule is C/C=C\CCC(C)(C)C1CC(=O)N(CCCCCC(=O)N[C@H](C(=O)N[C@@H](C)C(=O)NCOCCCCc2c(C)c(F)cc3nc4c(cc23)Cn2c-4cc3c(c2=O)COC(=O)[C@]3(O)CC)C(C)C)C1=O. The molecule has 6 rings (SSSR count). The van der Waals surface area contributed by atoms with Crippen LogP contribution in [0, 0.1) is 30.0 Å². The summed E-state index contributed by atoms with van der Waals surface area (Å²) in [7, 11) is 0. The number of benzene rings is 1. The van der Waals surface area contributed by atoms with Crippen LogP contribution in [0.2, 0.25) is 0 Å². The van der Waals surface area contributed by atoms with E-state index in [1.54, 1.807) is 45.3 Å². The predicted octanol–water partition coefficient (Wildman–Crippen LogP) is 5.90. The largest absolute Gasteiger partial charge is 0.458 e. The Balaban J connectivity index is 0.913. The molecule has 5 amide bonds. The van der Waals surface area contributed by atoms with E-state index >= 15 is 4.39 Å². The fourth-order valence-corrected chi connectivity index (χ4v) is 9.64. The number of halogens is 1. The number of nitrogens with zero attached hydrogens (tertiary/aromatic N) is 3. The van der Waals surface area contributed by atoms with Crippen LogP contribution in [0.1, 0.15) is 140 Å². The minimum Gasteiger partial charge on any atom is -0.458 e. The van der Waals surface area contributed by atoms with Gasteiger partial charge in [0.2, 0.25) is 29.5 Å². The molecule has 0 bridgehead atoms. The number of esters is 1. The standard InChI is InChI=1S/C52H69FN6O10/c1-9-11-15-20-51(7,8)38-25-43(61)58(49(38)65)21-16-12-13-19-42(60)57-44(30(3)4)47(63)55-32(6)46(62)54-29-68-22-17-14-18-34-31(5)39(53)26-40-35(34)23-33-27-59-41(45(33)56-40)24-37-36(48(59)64)28-69-50(66)52(37,67)10-2/h9,11,23-24,26,30,32,38,44,67H,10,12-22,25,27-29H2,1-8H3,(H,54,62)(H,55,63)(H,57,60)/b11-9-/t32-,38?,44-,52-/m0/s1. The zero-order valence-electron chi connectivity index (χ0n) is 41.4. The third kappa shape index (κ3) is 11.5. The molecule has 2 aromatic heterocycles. The van der Waals surface area contributed by atoms with E-state index in [-0.39, 0.29) is 90.8 Å². The molecule has 17 heteroatoms. The summed E-state index contributed by atoms with van der Waals surface area (Å²) in [5.74, 6) is -3.35. The van der Waals surface area contributed by atoms with E-state index in [0.29, 0.717) is 74.1 Å². The van der Waals surface area contributed by atoms with Gasteiger partial charge in [-0.05, 0) is 107 Å². The summed E-state index contributed by atoms with van der Waals surface area (Å²) in [5.41, 5.74) is 1.21. The van der Waals surface area contributed by atoms with Crippen LogP contribution < -0.4 is 21.5 Å². The van der Waals surface area contributed by atoms with Gasteiger partial charge in [0.05, 0.1) is 34.9 Å². The average Bonchev–Trinajstić information content (AvgIpc) is 3.81. The van der Waals surface area contributed by atoms with Gasteiger partial charge in [-0.25, -0.2) is 14.2 Å². The molecular weight excluding hydrogens is 888 g/mol. The molecule has 1 aromatic carbocycles. The van der Waals surface area contributed by atoms with Gasteiger partial charge in [0.25, 0.3) is 5.56 Å². The number of carbonyl (C=O) groups is 6. The van der Waals surface area contributed by atoms with E-state index in [1.807, 2.05) is 32.9 Å². The van der Waals surface area contributed by atoms with Crippen molar-refractivity contribution in [1.29, 1.82) is 0 Å². The Morgan fingerprint density at radius 1 is 1.04 bits per heavy atom. The van der Waals surface area contributed by atoms with Crippen molar-refractivity contribution < 1.29 is 47.7 Å². The van der Waals surface area contributed by atoms with Crippen LogP contribution in [-0.4, -0.2) is 87.0 Å². The number of hydrogen-bond acceptors (Lipinski definition) is 11. The molecular formula is C52H69FN6O10. The Morgan fingerprint density at radius 3 is 2.51 bits per heavy atom. The van der Waals surface area contributed by atoms with Crippen molar-refractivity contribution in [3.05, 3.63) is 74.3 Å². The molecule has 3 aliphatic rings. The second-order valence-electron chi connectivity index (χ2n) is 19.7. The summed E-state index contributed by atoms with van der Waals surface area (Å²) in [6.07, 6.45) is 9.59. The van der Waals surface area contributed by atoms with Crippen LogP contribution >= 0.6 is 0 Å². The van der Waals surface area contributed by atoms with Crippen molar-refractivity contribution in [3.8, 4) is 11.4 Å². The third-order valence-electron chi connectivity index (χ3n) is 14.1. The van der Waals surface area contributed by atoms with Crippen LogP contribution in [0.15, 0.2) is 35.1 Å². The Bertz CT molecular complexity index is 2570. The van der Waals surface area contributed by atoms with E-state index < -0.39 is 41.3 Å². The smallest absolute Gasteiger partial charge is 0.343 e. The molecule has 0 saturated carbocycles. The number of unbranched alkanes of at least 4 members (excludes halogenated alkanes) is 3. The Labute approximate surface area is 403 Å². The molecule has 0 spiro atoms. The van der Waals surface area contributed by atoms with E-state index in [2.05, 4.69) is 22.0 Å². The van der Waals surface area contributed by atoms with Crippen molar-refractivity contribution in [1.82, 2.24) is 30.4 Å². The number of rotatable bonds is 23. The van der Waals surface area contributed by atoms with E-state index in [9.17, 15) is 38.7 Å². The van der Waals surface area contributed by atoms with Gasteiger partial charge < -0.3 is 35.1 Å². The van der Waals surface area contributed by atoms with Crippen molar-refractivity contribution in [2.45, 2.75) is 157 Å². The molecule has 4 atom stereocenters. The minimum absolute atomic E-state index is 0.0225. The van der Waals surface area contributed by atoms with E-state index in [4.69, 9.17) is 14.5 Å². The molecule has 5 heterocycles. The van der Waals surface area contributed by atoms with Crippen molar-refractivity contribution in [2.75, 3.05) is 19.9 Å². The highest BCUT2D eigenvalue weighted by molar-refractivity contribution is 6.04. The molecule has 1 unspecified atom stereocenters. The van der Waals surface area contributed by atoms with E-state index in [0.717, 1.165) is 29.4 Å². The molecule has 16 nitrogen and oxygen atoms in total. The monoisotopic (exact) mass is 957 g/mol. The highest BCUT2D eigenvalue weighted by Gasteiger charge is 2.47. The fraction of sp³-hybridized carbons (Fsp3) is 0.577. The molecule has 0 radical (unpaired) electrons. The van der Waals surface area contributed by atoms with Crippen molar-refractivity contribution >= 4 is 46.4 Å².